The van der Waals surface area contributed by atoms with Gasteiger partial charge in [-0.05, 0) is 37.1 Å². The molecule has 4 heteroatoms. The first-order valence-electron chi connectivity index (χ1n) is 6.82. The van der Waals surface area contributed by atoms with Gasteiger partial charge in [-0.3, -0.25) is 4.79 Å². The number of halogens is 1. The van der Waals surface area contributed by atoms with E-state index in [-0.39, 0.29) is 12.6 Å². The van der Waals surface area contributed by atoms with Crippen molar-refractivity contribution in [3.05, 3.63) is 29.3 Å². The topological polar surface area (TPSA) is 40.5 Å². The molecule has 1 rings (SSSR count). The molecule has 0 aliphatic heterocycles. The molecule has 106 valence electrons. The zero-order chi connectivity index (χ0) is 14.3. The lowest BCUT2D eigenvalue weighted by molar-refractivity contribution is -0.135. The second-order valence-electron chi connectivity index (χ2n) is 4.73. The first-order chi connectivity index (χ1) is 9.08. The SMILES string of the molecule is CCCC(CCC)N(CC(=O)O)c1ccc(Cl)cc1. The van der Waals surface area contributed by atoms with Crippen molar-refractivity contribution in [3.63, 3.8) is 0 Å². The van der Waals surface area contributed by atoms with Gasteiger partial charge in [0.05, 0.1) is 0 Å². The summed E-state index contributed by atoms with van der Waals surface area (Å²) in [5.41, 5.74) is 0.929. The molecule has 0 fully saturated rings. The summed E-state index contributed by atoms with van der Waals surface area (Å²) in [4.78, 5) is 13.1. The molecule has 0 unspecified atom stereocenters. The maximum atomic E-state index is 11.1. The lowest BCUT2D eigenvalue weighted by Gasteiger charge is -2.32. The molecular weight excluding hydrogens is 262 g/mol. The van der Waals surface area contributed by atoms with Crippen molar-refractivity contribution in [2.75, 3.05) is 11.4 Å². The highest BCUT2D eigenvalue weighted by Gasteiger charge is 2.20. The van der Waals surface area contributed by atoms with Crippen LogP contribution in [0.1, 0.15) is 39.5 Å². The van der Waals surface area contributed by atoms with E-state index in [4.69, 9.17) is 16.7 Å². The first kappa shape index (κ1) is 15.8. The van der Waals surface area contributed by atoms with Gasteiger partial charge in [-0.25, -0.2) is 0 Å². The molecule has 3 nitrogen and oxygen atoms in total. The average Bonchev–Trinajstić information content (AvgIpc) is 2.37. The van der Waals surface area contributed by atoms with Crippen LogP contribution in [-0.2, 0) is 4.79 Å². The van der Waals surface area contributed by atoms with E-state index in [2.05, 4.69) is 13.8 Å². The Bertz CT molecular complexity index is 386. The average molecular weight is 284 g/mol. The molecule has 1 aromatic carbocycles. The number of carbonyl (C=O) groups is 1. The predicted molar refractivity (Wildman–Crippen MR) is 80.0 cm³/mol. The third kappa shape index (κ3) is 5.11. The molecule has 0 radical (unpaired) electrons. The predicted octanol–water partition coefficient (Wildman–Crippen LogP) is 4.20. The quantitative estimate of drug-likeness (QED) is 0.777. The van der Waals surface area contributed by atoms with E-state index in [9.17, 15) is 4.79 Å². The van der Waals surface area contributed by atoms with E-state index in [0.29, 0.717) is 5.02 Å². The molecule has 0 saturated heterocycles. The summed E-state index contributed by atoms with van der Waals surface area (Å²) in [7, 11) is 0. The van der Waals surface area contributed by atoms with Gasteiger partial charge in [0.1, 0.15) is 6.54 Å². The molecule has 0 aliphatic rings. The van der Waals surface area contributed by atoms with Crippen LogP contribution in [-0.4, -0.2) is 23.7 Å². The Morgan fingerprint density at radius 3 is 2.16 bits per heavy atom. The molecule has 1 N–H and O–H groups in total. The molecule has 19 heavy (non-hydrogen) atoms. The summed E-state index contributed by atoms with van der Waals surface area (Å²) in [6, 6.07) is 7.67. The Kier molecular flexibility index (Phi) is 6.71. The Balaban J connectivity index is 2.96. The Morgan fingerprint density at radius 1 is 1.21 bits per heavy atom. The largest absolute Gasteiger partial charge is 0.480 e. The third-order valence-electron chi connectivity index (χ3n) is 3.15. The van der Waals surface area contributed by atoms with Crippen molar-refractivity contribution in [2.45, 2.75) is 45.6 Å². The number of hydrogen-bond acceptors (Lipinski definition) is 2. The standard InChI is InChI=1S/C15H22ClNO2/c1-3-5-13(6-4-2)17(11-15(18)19)14-9-7-12(16)8-10-14/h7-10,13H,3-6,11H2,1-2H3,(H,18,19). The fourth-order valence-corrected chi connectivity index (χ4v) is 2.46. The van der Waals surface area contributed by atoms with Gasteiger partial charge in [-0.15, -0.1) is 0 Å². The van der Waals surface area contributed by atoms with E-state index >= 15 is 0 Å². The number of aliphatic carboxylic acids is 1. The van der Waals surface area contributed by atoms with Crippen molar-refractivity contribution in [3.8, 4) is 0 Å². The van der Waals surface area contributed by atoms with Gasteiger partial charge < -0.3 is 10.0 Å². The van der Waals surface area contributed by atoms with Crippen molar-refractivity contribution < 1.29 is 9.90 Å². The van der Waals surface area contributed by atoms with Gasteiger partial charge in [0.25, 0.3) is 0 Å². The molecule has 0 atom stereocenters. The smallest absolute Gasteiger partial charge is 0.323 e. The zero-order valence-electron chi connectivity index (χ0n) is 11.6. The zero-order valence-corrected chi connectivity index (χ0v) is 12.4. The van der Waals surface area contributed by atoms with E-state index < -0.39 is 5.97 Å². The maximum absolute atomic E-state index is 11.1. The molecule has 0 heterocycles. The number of rotatable bonds is 8. The number of hydrogen-bond donors (Lipinski definition) is 1. The van der Waals surface area contributed by atoms with Crippen LogP contribution in [0.4, 0.5) is 5.69 Å². The summed E-state index contributed by atoms with van der Waals surface area (Å²) in [5.74, 6) is -0.799. The normalized spacial score (nSPS) is 10.7. The fourth-order valence-electron chi connectivity index (χ4n) is 2.33. The fraction of sp³-hybridized carbons (Fsp3) is 0.533. The highest BCUT2D eigenvalue weighted by molar-refractivity contribution is 6.30. The molecular formula is C15H22ClNO2. The highest BCUT2D eigenvalue weighted by Crippen LogP contribution is 2.24. The lowest BCUT2D eigenvalue weighted by atomic mass is 10.0. The summed E-state index contributed by atoms with van der Waals surface area (Å²) >= 11 is 5.89. The van der Waals surface area contributed by atoms with Crippen LogP contribution >= 0.6 is 11.6 Å². The molecule has 0 saturated carbocycles. The highest BCUT2D eigenvalue weighted by atomic mass is 35.5. The Labute approximate surface area is 120 Å². The maximum Gasteiger partial charge on any atom is 0.323 e. The van der Waals surface area contributed by atoms with Gasteiger partial charge in [-0.1, -0.05) is 38.3 Å². The van der Waals surface area contributed by atoms with Crippen molar-refractivity contribution >= 4 is 23.3 Å². The molecule has 1 aromatic rings. The van der Waals surface area contributed by atoms with Crippen molar-refractivity contribution in [2.24, 2.45) is 0 Å². The van der Waals surface area contributed by atoms with Crippen molar-refractivity contribution in [1.29, 1.82) is 0 Å². The number of carboxylic acid groups (broad SMARTS) is 1. The van der Waals surface area contributed by atoms with E-state index in [1.165, 1.54) is 0 Å². The van der Waals surface area contributed by atoms with Gasteiger partial charge in [0.2, 0.25) is 0 Å². The summed E-state index contributed by atoms with van der Waals surface area (Å²) in [6.07, 6.45) is 4.11. The minimum Gasteiger partial charge on any atom is -0.480 e. The monoisotopic (exact) mass is 283 g/mol. The molecule has 0 aromatic heterocycles. The van der Waals surface area contributed by atoms with Gasteiger partial charge in [0.15, 0.2) is 0 Å². The lowest BCUT2D eigenvalue weighted by Crippen LogP contribution is -2.39. The first-order valence-corrected chi connectivity index (χ1v) is 7.20. The number of nitrogens with zero attached hydrogens (tertiary/aromatic N) is 1. The van der Waals surface area contributed by atoms with E-state index in [1.54, 1.807) is 12.1 Å². The molecule has 0 bridgehead atoms. The molecule has 0 spiro atoms. The van der Waals surface area contributed by atoms with Crippen molar-refractivity contribution in [1.82, 2.24) is 0 Å². The van der Waals surface area contributed by atoms with Crippen LogP contribution in [0, 0.1) is 0 Å². The third-order valence-corrected chi connectivity index (χ3v) is 3.40. The van der Waals surface area contributed by atoms with Gasteiger partial charge in [-0.2, -0.15) is 0 Å². The number of carboxylic acids is 1. The molecule has 0 aliphatic carbocycles. The minimum absolute atomic E-state index is 0.0340. The summed E-state index contributed by atoms with van der Waals surface area (Å²) in [5, 5.41) is 9.79. The molecule has 0 amide bonds. The number of benzene rings is 1. The second-order valence-corrected chi connectivity index (χ2v) is 5.17. The van der Waals surface area contributed by atoms with Crippen LogP contribution < -0.4 is 4.90 Å². The second kappa shape index (κ2) is 8.05. The van der Waals surface area contributed by atoms with E-state index in [0.717, 1.165) is 31.4 Å². The van der Waals surface area contributed by atoms with Crippen LogP contribution in [0.15, 0.2) is 24.3 Å². The summed E-state index contributed by atoms with van der Waals surface area (Å²) in [6.45, 7) is 4.29. The van der Waals surface area contributed by atoms with Crippen LogP contribution in [0.5, 0.6) is 0 Å². The van der Waals surface area contributed by atoms with Gasteiger partial charge >= 0.3 is 5.97 Å². The Morgan fingerprint density at radius 2 is 1.74 bits per heavy atom. The number of anilines is 1. The minimum atomic E-state index is -0.799. The van der Waals surface area contributed by atoms with Crippen LogP contribution in [0.2, 0.25) is 5.02 Å². The summed E-state index contributed by atoms with van der Waals surface area (Å²) < 4.78 is 0. The van der Waals surface area contributed by atoms with Crippen LogP contribution in [0.3, 0.4) is 0 Å². The van der Waals surface area contributed by atoms with Gasteiger partial charge in [0, 0.05) is 16.8 Å². The van der Waals surface area contributed by atoms with Crippen LogP contribution in [0.25, 0.3) is 0 Å². The van der Waals surface area contributed by atoms with E-state index in [1.807, 2.05) is 17.0 Å². The Hall–Kier alpha value is -1.22.